The number of primary amides is 1. The molecule has 0 aliphatic heterocycles. The van der Waals surface area contributed by atoms with Crippen molar-refractivity contribution in [3.8, 4) is 0 Å². The molecule has 0 saturated heterocycles. The van der Waals surface area contributed by atoms with E-state index in [9.17, 15) is 9.18 Å². The number of hydrogen-bond acceptors (Lipinski definition) is 3. The molecule has 0 spiro atoms. The van der Waals surface area contributed by atoms with Gasteiger partial charge in [0, 0.05) is 6.61 Å². The van der Waals surface area contributed by atoms with Crippen molar-refractivity contribution in [1.29, 1.82) is 0 Å². The van der Waals surface area contributed by atoms with Crippen LogP contribution in [-0.2, 0) is 4.79 Å². The molecular formula is C12H16FNO2S. The highest BCUT2D eigenvalue weighted by molar-refractivity contribution is 8.00. The van der Waals surface area contributed by atoms with Gasteiger partial charge in [0.2, 0.25) is 5.91 Å². The van der Waals surface area contributed by atoms with Gasteiger partial charge in [0.25, 0.3) is 0 Å². The van der Waals surface area contributed by atoms with E-state index < -0.39 is 11.2 Å². The molecular weight excluding hydrogens is 241 g/mol. The zero-order chi connectivity index (χ0) is 12.8. The Labute approximate surface area is 104 Å². The van der Waals surface area contributed by atoms with Gasteiger partial charge in [-0.15, -0.1) is 11.8 Å². The quantitative estimate of drug-likeness (QED) is 0.815. The Morgan fingerprint density at radius 2 is 2.06 bits per heavy atom. The minimum absolute atomic E-state index is 0.0713. The summed E-state index contributed by atoms with van der Waals surface area (Å²) in [7, 11) is 0. The van der Waals surface area contributed by atoms with E-state index in [0.29, 0.717) is 11.3 Å². The van der Waals surface area contributed by atoms with Gasteiger partial charge in [0.1, 0.15) is 11.1 Å². The molecule has 0 bridgehead atoms. The van der Waals surface area contributed by atoms with Crippen LogP contribution in [0.3, 0.4) is 0 Å². The number of nitrogens with two attached hydrogens (primary N) is 1. The minimum Gasteiger partial charge on any atom is -0.396 e. The van der Waals surface area contributed by atoms with E-state index in [1.165, 1.54) is 23.9 Å². The van der Waals surface area contributed by atoms with Crippen LogP contribution in [-0.4, -0.2) is 23.4 Å². The monoisotopic (exact) mass is 257 g/mol. The smallest absolute Gasteiger partial charge is 0.235 e. The maximum absolute atomic E-state index is 12.8. The van der Waals surface area contributed by atoms with Gasteiger partial charge in [-0.2, -0.15) is 0 Å². The standard InChI is InChI=1S/C12H16FNO2S/c1-8(6-15)7-17-11(12(14)16)9-2-4-10(13)5-3-9/h2-5,8,11,15H,6-7H2,1H3,(H2,14,16). The third kappa shape index (κ3) is 4.36. The summed E-state index contributed by atoms with van der Waals surface area (Å²) in [4.78, 5) is 11.3. The van der Waals surface area contributed by atoms with Crippen LogP contribution >= 0.6 is 11.8 Å². The van der Waals surface area contributed by atoms with E-state index in [0.717, 1.165) is 0 Å². The maximum atomic E-state index is 12.8. The second-order valence-electron chi connectivity index (χ2n) is 3.96. The average molecular weight is 257 g/mol. The first kappa shape index (κ1) is 14.0. The molecule has 2 unspecified atom stereocenters. The molecule has 2 atom stereocenters. The molecule has 17 heavy (non-hydrogen) atoms. The van der Waals surface area contributed by atoms with Crippen LogP contribution in [0.25, 0.3) is 0 Å². The Hall–Kier alpha value is -1.07. The molecule has 0 saturated carbocycles. The molecule has 3 nitrogen and oxygen atoms in total. The lowest BCUT2D eigenvalue weighted by molar-refractivity contribution is -0.117. The van der Waals surface area contributed by atoms with Crippen LogP contribution in [0, 0.1) is 11.7 Å². The summed E-state index contributed by atoms with van der Waals surface area (Å²) in [6.45, 7) is 1.96. The number of amides is 1. The van der Waals surface area contributed by atoms with Crippen LogP contribution < -0.4 is 5.73 Å². The number of carbonyl (C=O) groups is 1. The normalized spacial score (nSPS) is 14.3. The molecule has 0 aromatic heterocycles. The summed E-state index contributed by atoms with van der Waals surface area (Å²) < 4.78 is 12.8. The van der Waals surface area contributed by atoms with Crippen molar-refractivity contribution in [1.82, 2.24) is 0 Å². The van der Waals surface area contributed by atoms with Crippen molar-refractivity contribution in [2.75, 3.05) is 12.4 Å². The van der Waals surface area contributed by atoms with Gasteiger partial charge in [-0.1, -0.05) is 19.1 Å². The van der Waals surface area contributed by atoms with Crippen molar-refractivity contribution in [3.05, 3.63) is 35.6 Å². The lowest BCUT2D eigenvalue weighted by Crippen LogP contribution is -2.20. The summed E-state index contributed by atoms with van der Waals surface area (Å²) in [5.74, 6) is -0.0682. The minimum atomic E-state index is -0.496. The summed E-state index contributed by atoms with van der Waals surface area (Å²) in [5, 5.41) is 8.42. The highest BCUT2D eigenvalue weighted by atomic mass is 32.2. The van der Waals surface area contributed by atoms with Crippen LogP contribution in [0.5, 0.6) is 0 Å². The number of benzene rings is 1. The predicted octanol–water partition coefficient (Wildman–Crippen LogP) is 1.71. The summed E-state index contributed by atoms with van der Waals surface area (Å²) in [5.41, 5.74) is 6.01. The van der Waals surface area contributed by atoms with Gasteiger partial charge in [0.05, 0.1) is 0 Å². The third-order valence-electron chi connectivity index (χ3n) is 2.29. The Kier molecular flexibility index (Phi) is 5.44. The predicted molar refractivity (Wildman–Crippen MR) is 67.0 cm³/mol. The van der Waals surface area contributed by atoms with Crippen LogP contribution in [0.1, 0.15) is 17.7 Å². The van der Waals surface area contributed by atoms with Crippen molar-refractivity contribution in [2.24, 2.45) is 11.7 Å². The molecule has 94 valence electrons. The number of halogens is 1. The number of carbonyl (C=O) groups excluding carboxylic acids is 1. The number of hydrogen-bond donors (Lipinski definition) is 2. The van der Waals surface area contributed by atoms with Gasteiger partial charge >= 0.3 is 0 Å². The molecule has 0 radical (unpaired) electrons. The first-order valence-corrected chi connectivity index (χ1v) is 6.36. The van der Waals surface area contributed by atoms with E-state index in [-0.39, 0.29) is 18.3 Å². The third-order valence-corrected chi connectivity index (χ3v) is 3.89. The molecule has 0 heterocycles. The van der Waals surface area contributed by atoms with E-state index in [4.69, 9.17) is 10.8 Å². The van der Waals surface area contributed by atoms with Gasteiger partial charge in [0.15, 0.2) is 0 Å². The lowest BCUT2D eigenvalue weighted by atomic mass is 10.1. The van der Waals surface area contributed by atoms with E-state index in [1.807, 2.05) is 6.92 Å². The van der Waals surface area contributed by atoms with Crippen molar-refractivity contribution < 1.29 is 14.3 Å². The fourth-order valence-electron chi connectivity index (χ4n) is 1.29. The molecule has 1 amide bonds. The fraction of sp³-hybridized carbons (Fsp3) is 0.417. The molecule has 1 rings (SSSR count). The zero-order valence-corrected chi connectivity index (χ0v) is 10.4. The molecule has 1 aromatic rings. The number of aliphatic hydroxyl groups is 1. The zero-order valence-electron chi connectivity index (χ0n) is 9.60. The summed E-state index contributed by atoms with van der Waals surface area (Å²) in [6.07, 6.45) is 0. The molecule has 1 aromatic carbocycles. The highest BCUT2D eigenvalue weighted by Gasteiger charge is 2.19. The van der Waals surface area contributed by atoms with E-state index in [1.54, 1.807) is 12.1 Å². The average Bonchev–Trinajstić information content (AvgIpc) is 2.31. The second kappa shape index (κ2) is 6.61. The van der Waals surface area contributed by atoms with Gasteiger partial charge in [-0.05, 0) is 29.4 Å². The van der Waals surface area contributed by atoms with E-state index in [2.05, 4.69) is 0 Å². The Balaban J connectivity index is 2.72. The lowest BCUT2D eigenvalue weighted by Gasteiger charge is -2.15. The molecule has 0 fully saturated rings. The Morgan fingerprint density at radius 1 is 1.47 bits per heavy atom. The van der Waals surface area contributed by atoms with Crippen molar-refractivity contribution in [3.63, 3.8) is 0 Å². The van der Waals surface area contributed by atoms with Gasteiger partial charge in [-0.3, -0.25) is 4.79 Å². The first-order valence-electron chi connectivity index (χ1n) is 5.31. The second-order valence-corrected chi connectivity index (χ2v) is 5.09. The van der Waals surface area contributed by atoms with Crippen molar-refractivity contribution >= 4 is 17.7 Å². The van der Waals surface area contributed by atoms with Gasteiger partial charge in [-0.25, -0.2) is 4.39 Å². The number of rotatable bonds is 6. The van der Waals surface area contributed by atoms with Crippen molar-refractivity contribution in [2.45, 2.75) is 12.2 Å². The maximum Gasteiger partial charge on any atom is 0.235 e. The Morgan fingerprint density at radius 3 is 2.53 bits per heavy atom. The largest absolute Gasteiger partial charge is 0.396 e. The molecule has 3 N–H and O–H groups in total. The van der Waals surface area contributed by atoms with Crippen LogP contribution in [0.2, 0.25) is 0 Å². The Bertz CT molecular complexity index is 369. The van der Waals surface area contributed by atoms with Crippen LogP contribution in [0.4, 0.5) is 4.39 Å². The van der Waals surface area contributed by atoms with Gasteiger partial charge < -0.3 is 10.8 Å². The number of thioether (sulfide) groups is 1. The topological polar surface area (TPSA) is 63.3 Å². The molecule has 0 aliphatic carbocycles. The summed E-state index contributed by atoms with van der Waals surface area (Å²) >= 11 is 1.36. The molecule has 0 aliphatic rings. The first-order chi connectivity index (χ1) is 8.04. The SMILES string of the molecule is CC(CO)CSC(C(N)=O)c1ccc(F)cc1. The number of aliphatic hydroxyl groups excluding tert-OH is 1. The summed E-state index contributed by atoms with van der Waals surface area (Å²) in [6, 6.07) is 5.73. The molecule has 5 heteroatoms. The van der Waals surface area contributed by atoms with Crippen LogP contribution in [0.15, 0.2) is 24.3 Å². The van der Waals surface area contributed by atoms with E-state index >= 15 is 0 Å². The highest BCUT2D eigenvalue weighted by Crippen LogP contribution is 2.30. The fourth-order valence-corrected chi connectivity index (χ4v) is 2.43.